The van der Waals surface area contributed by atoms with E-state index in [2.05, 4.69) is 17.3 Å². The molecular formula is C17H32N2. The molecule has 1 aliphatic carbocycles. The molecule has 1 saturated carbocycles. The summed E-state index contributed by atoms with van der Waals surface area (Å²) < 4.78 is 0. The van der Waals surface area contributed by atoms with Gasteiger partial charge in [0.1, 0.15) is 0 Å². The fourth-order valence-electron chi connectivity index (χ4n) is 5.06. The molecule has 0 radical (unpaired) electrons. The molecule has 3 rings (SSSR count). The van der Waals surface area contributed by atoms with Crippen molar-refractivity contribution in [2.75, 3.05) is 13.6 Å². The largest absolute Gasteiger partial charge is 0.320 e. The predicted octanol–water partition coefficient (Wildman–Crippen LogP) is 3.56. The van der Waals surface area contributed by atoms with Crippen LogP contribution in [0.3, 0.4) is 0 Å². The van der Waals surface area contributed by atoms with E-state index in [0.29, 0.717) is 0 Å². The van der Waals surface area contributed by atoms with Gasteiger partial charge >= 0.3 is 0 Å². The summed E-state index contributed by atoms with van der Waals surface area (Å²) in [6.07, 6.45) is 16.3. The van der Waals surface area contributed by atoms with Crippen LogP contribution in [0.4, 0.5) is 0 Å². The average molecular weight is 264 g/mol. The molecule has 0 aromatic heterocycles. The summed E-state index contributed by atoms with van der Waals surface area (Å²) in [5.41, 5.74) is 0. The van der Waals surface area contributed by atoms with Crippen LogP contribution in [0, 0.1) is 5.92 Å². The Bertz CT molecular complexity index is 256. The molecule has 19 heavy (non-hydrogen) atoms. The van der Waals surface area contributed by atoms with Gasteiger partial charge in [0.15, 0.2) is 0 Å². The topological polar surface area (TPSA) is 15.3 Å². The third kappa shape index (κ3) is 3.16. The van der Waals surface area contributed by atoms with E-state index >= 15 is 0 Å². The maximum absolute atomic E-state index is 3.33. The quantitative estimate of drug-likeness (QED) is 0.781. The van der Waals surface area contributed by atoms with E-state index in [4.69, 9.17) is 0 Å². The first-order chi connectivity index (χ1) is 9.38. The van der Waals surface area contributed by atoms with E-state index in [9.17, 15) is 0 Å². The fourth-order valence-corrected chi connectivity index (χ4v) is 5.06. The van der Waals surface area contributed by atoms with Crippen LogP contribution >= 0.6 is 0 Å². The average Bonchev–Trinajstić information content (AvgIpc) is 2.66. The molecule has 3 fully saturated rings. The minimum atomic E-state index is 0.948. The van der Waals surface area contributed by atoms with Crippen molar-refractivity contribution in [1.82, 2.24) is 10.2 Å². The Kier molecular flexibility index (Phi) is 4.81. The maximum atomic E-state index is 3.33. The van der Waals surface area contributed by atoms with Crippen molar-refractivity contribution in [3.63, 3.8) is 0 Å². The van der Waals surface area contributed by atoms with Gasteiger partial charge in [-0.05, 0) is 64.5 Å². The van der Waals surface area contributed by atoms with Crippen LogP contribution in [0.25, 0.3) is 0 Å². The Balaban J connectivity index is 1.59. The molecule has 2 heterocycles. The lowest BCUT2D eigenvalue weighted by Crippen LogP contribution is -2.48. The van der Waals surface area contributed by atoms with Gasteiger partial charge in [-0.2, -0.15) is 0 Å². The smallest absolute Gasteiger partial charge is 0.0104 e. The Morgan fingerprint density at radius 3 is 2.05 bits per heavy atom. The third-order valence-electron chi connectivity index (χ3n) is 5.94. The molecule has 0 aromatic carbocycles. The van der Waals surface area contributed by atoms with Gasteiger partial charge in [0.25, 0.3) is 0 Å². The van der Waals surface area contributed by atoms with E-state index < -0.39 is 0 Å². The highest BCUT2D eigenvalue weighted by Gasteiger charge is 2.43. The lowest BCUT2D eigenvalue weighted by Gasteiger charge is -2.43. The summed E-state index contributed by atoms with van der Waals surface area (Å²) in [5.74, 6) is 1.01. The molecule has 0 spiro atoms. The van der Waals surface area contributed by atoms with Gasteiger partial charge < -0.3 is 5.32 Å². The molecule has 0 amide bonds. The van der Waals surface area contributed by atoms with E-state index in [1.54, 1.807) is 0 Å². The van der Waals surface area contributed by atoms with Gasteiger partial charge in [0.05, 0.1) is 0 Å². The second-order valence-electron chi connectivity index (χ2n) is 7.21. The van der Waals surface area contributed by atoms with Crippen LogP contribution in [0.15, 0.2) is 0 Å². The van der Waals surface area contributed by atoms with Crippen LogP contribution in [0.1, 0.15) is 70.6 Å². The number of nitrogens with zero attached hydrogens (tertiary/aromatic N) is 1. The molecule has 2 aliphatic heterocycles. The number of fused-ring (bicyclic) bond motifs is 2. The van der Waals surface area contributed by atoms with Gasteiger partial charge in [0, 0.05) is 18.1 Å². The number of nitrogens with one attached hydrogen (secondary N) is 1. The maximum Gasteiger partial charge on any atom is 0.0104 e. The molecule has 1 N–H and O–H groups in total. The molecule has 3 aliphatic rings. The minimum Gasteiger partial charge on any atom is -0.320 e. The second-order valence-corrected chi connectivity index (χ2v) is 7.21. The second kappa shape index (κ2) is 6.58. The normalized spacial score (nSPS) is 37.4. The summed E-state index contributed by atoms with van der Waals surface area (Å²) in [7, 11) is 2.09. The van der Waals surface area contributed by atoms with Gasteiger partial charge in [-0.15, -0.1) is 0 Å². The van der Waals surface area contributed by atoms with Crippen LogP contribution < -0.4 is 5.32 Å². The third-order valence-corrected chi connectivity index (χ3v) is 5.94. The summed E-state index contributed by atoms with van der Waals surface area (Å²) in [4.78, 5) is 3.00. The van der Waals surface area contributed by atoms with Crippen molar-refractivity contribution in [2.45, 2.75) is 88.8 Å². The standard InChI is InChI=1S/C17H32N2/c1-18-11-10-14-12-16-8-9-17(13-14)19(16)15-6-4-2-3-5-7-15/h14-18H,2-13H2,1H3. The lowest BCUT2D eigenvalue weighted by molar-refractivity contribution is 0.0500. The molecule has 2 saturated heterocycles. The lowest BCUT2D eigenvalue weighted by atomic mass is 9.86. The van der Waals surface area contributed by atoms with Gasteiger partial charge in [-0.1, -0.05) is 25.7 Å². The molecular weight excluding hydrogens is 232 g/mol. The molecule has 110 valence electrons. The van der Waals surface area contributed by atoms with E-state index in [1.165, 1.54) is 77.2 Å². The van der Waals surface area contributed by atoms with E-state index in [1.807, 2.05) is 0 Å². The molecule has 2 bridgehead atoms. The Morgan fingerprint density at radius 2 is 1.47 bits per heavy atom. The minimum absolute atomic E-state index is 0.948. The van der Waals surface area contributed by atoms with Gasteiger partial charge in [-0.3, -0.25) is 4.90 Å². The van der Waals surface area contributed by atoms with E-state index in [-0.39, 0.29) is 0 Å². The SMILES string of the molecule is CNCCC1CC2CCC(C1)N2C1CCCCCC1. The Morgan fingerprint density at radius 1 is 0.842 bits per heavy atom. The van der Waals surface area contributed by atoms with Crippen molar-refractivity contribution >= 4 is 0 Å². The first kappa shape index (κ1) is 13.9. The summed E-state index contributed by atoms with van der Waals surface area (Å²) in [6, 6.07) is 2.85. The van der Waals surface area contributed by atoms with Crippen LogP contribution in [0.2, 0.25) is 0 Å². The number of rotatable bonds is 4. The Hall–Kier alpha value is -0.0800. The van der Waals surface area contributed by atoms with Crippen molar-refractivity contribution < 1.29 is 0 Å². The van der Waals surface area contributed by atoms with Crippen LogP contribution in [0.5, 0.6) is 0 Å². The molecule has 2 atom stereocenters. The molecule has 2 nitrogen and oxygen atoms in total. The van der Waals surface area contributed by atoms with Gasteiger partial charge in [-0.25, -0.2) is 0 Å². The zero-order valence-electron chi connectivity index (χ0n) is 12.7. The first-order valence-corrected chi connectivity index (χ1v) is 8.80. The van der Waals surface area contributed by atoms with Crippen molar-refractivity contribution in [3.8, 4) is 0 Å². The van der Waals surface area contributed by atoms with Crippen molar-refractivity contribution in [3.05, 3.63) is 0 Å². The van der Waals surface area contributed by atoms with Crippen LogP contribution in [-0.4, -0.2) is 36.6 Å². The number of hydrogen-bond donors (Lipinski definition) is 1. The number of hydrogen-bond acceptors (Lipinski definition) is 2. The zero-order valence-corrected chi connectivity index (χ0v) is 12.7. The van der Waals surface area contributed by atoms with Crippen LogP contribution in [-0.2, 0) is 0 Å². The van der Waals surface area contributed by atoms with Gasteiger partial charge in [0.2, 0.25) is 0 Å². The van der Waals surface area contributed by atoms with Crippen molar-refractivity contribution in [1.29, 1.82) is 0 Å². The highest BCUT2D eigenvalue weighted by molar-refractivity contribution is 4.98. The zero-order chi connectivity index (χ0) is 13.1. The number of piperidine rings is 1. The fraction of sp³-hybridized carbons (Fsp3) is 1.00. The Labute approximate surface area is 119 Å². The summed E-state index contributed by atoms with van der Waals surface area (Å²) in [5, 5.41) is 3.33. The highest BCUT2D eigenvalue weighted by atomic mass is 15.2. The van der Waals surface area contributed by atoms with Crippen molar-refractivity contribution in [2.24, 2.45) is 5.92 Å². The monoisotopic (exact) mass is 264 g/mol. The summed E-state index contributed by atoms with van der Waals surface area (Å²) in [6.45, 7) is 1.22. The first-order valence-electron chi connectivity index (χ1n) is 8.80. The molecule has 2 unspecified atom stereocenters. The van der Waals surface area contributed by atoms with E-state index in [0.717, 1.165) is 24.0 Å². The highest BCUT2D eigenvalue weighted by Crippen LogP contribution is 2.43. The molecule has 0 aromatic rings. The summed E-state index contributed by atoms with van der Waals surface area (Å²) >= 11 is 0. The predicted molar refractivity (Wildman–Crippen MR) is 81.4 cm³/mol. The molecule has 2 heteroatoms.